The van der Waals surface area contributed by atoms with Crippen molar-refractivity contribution in [3.8, 4) is 11.8 Å². The van der Waals surface area contributed by atoms with Gasteiger partial charge in [-0.1, -0.05) is 36.7 Å². The Bertz CT molecular complexity index is 771. The van der Waals surface area contributed by atoms with Gasteiger partial charge in [0.2, 0.25) is 0 Å². The Labute approximate surface area is 150 Å². The molecule has 0 aliphatic rings. The molecule has 0 aliphatic carbocycles. The lowest BCUT2D eigenvalue weighted by Crippen LogP contribution is -2.22. The highest BCUT2D eigenvalue weighted by Gasteiger charge is 2.20. The minimum atomic E-state index is -0.248. The van der Waals surface area contributed by atoms with E-state index in [1.54, 1.807) is 24.3 Å². The smallest absolute Gasteiger partial charge is 0.262 e. The first-order chi connectivity index (χ1) is 11.3. The fourth-order valence-electron chi connectivity index (χ4n) is 2.18. The molecule has 0 spiro atoms. The summed E-state index contributed by atoms with van der Waals surface area (Å²) in [6, 6.07) is 14.5. The lowest BCUT2D eigenvalue weighted by atomic mass is 9.86. The lowest BCUT2D eigenvalue weighted by molar-refractivity contribution is -0.118. The van der Waals surface area contributed by atoms with Crippen molar-refractivity contribution in [1.82, 2.24) is 0 Å². The Morgan fingerprint density at radius 3 is 2.46 bits per heavy atom. The molecule has 0 unspecified atom stereocenters. The third-order valence-corrected chi connectivity index (χ3v) is 3.90. The van der Waals surface area contributed by atoms with Crippen LogP contribution < -0.4 is 10.1 Å². The number of nitrogens with one attached hydrogen (secondary N) is 1. The van der Waals surface area contributed by atoms with Gasteiger partial charge in [-0.3, -0.25) is 4.79 Å². The van der Waals surface area contributed by atoms with Crippen molar-refractivity contribution in [2.45, 2.75) is 26.2 Å². The SMILES string of the molecule is CC(C)(C)c1cc(Br)ccc1OCC(=O)Nc1ccc(C#N)cc1. The summed E-state index contributed by atoms with van der Waals surface area (Å²) in [7, 11) is 0. The second kappa shape index (κ2) is 7.50. The van der Waals surface area contributed by atoms with Crippen LogP contribution in [0.4, 0.5) is 5.69 Å². The molecule has 0 fully saturated rings. The summed E-state index contributed by atoms with van der Waals surface area (Å²) >= 11 is 3.47. The zero-order chi connectivity index (χ0) is 17.7. The first-order valence-electron chi connectivity index (χ1n) is 7.52. The van der Waals surface area contributed by atoms with E-state index in [4.69, 9.17) is 10.00 Å². The molecule has 0 atom stereocenters. The number of anilines is 1. The summed E-state index contributed by atoms with van der Waals surface area (Å²) in [5, 5.41) is 11.5. The average Bonchev–Trinajstić information content (AvgIpc) is 2.53. The molecule has 124 valence electrons. The van der Waals surface area contributed by atoms with Crippen LogP contribution >= 0.6 is 15.9 Å². The van der Waals surface area contributed by atoms with Gasteiger partial charge in [0.25, 0.3) is 5.91 Å². The zero-order valence-corrected chi connectivity index (χ0v) is 15.5. The predicted molar refractivity (Wildman–Crippen MR) is 98.1 cm³/mol. The van der Waals surface area contributed by atoms with E-state index < -0.39 is 0 Å². The number of rotatable bonds is 4. The lowest BCUT2D eigenvalue weighted by Gasteiger charge is -2.23. The van der Waals surface area contributed by atoms with Crippen LogP contribution in [0.5, 0.6) is 5.75 Å². The van der Waals surface area contributed by atoms with Crippen LogP contribution in [0.2, 0.25) is 0 Å². The molecule has 24 heavy (non-hydrogen) atoms. The van der Waals surface area contributed by atoms with E-state index >= 15 is 0 Å². The van der Waals surface area contributed by atoms with Crippen LogP contribution in [-0.2, 0) is 10.2 Å². The molecule has 0 radical (unpaired) electrons. The minimum Gasteiger partial charge on any atom is -0.483 e. The van der Waals surface area contributed by atoms with E-state index in [1.165, 1.54) is 0 Å². The van der Waals surface area contributed by atoms with E-state index in [2.05, 4.69) is 42.0 Å². The van der Waals surface area contributed by atoms with Gasteiger partial charge in [0.15, 0.2) is 6.61 Å². The number of hydrogen-bond acceptors (Lipinski definition) is 3. The minimum absolute atomic E-state index is 0.0787. The number of carbonyl (C=O) groups is 1. The molecule has 4 nitrogen and oxygen atoms in total. The number of carbonyl (C=O) groups excluding carboxylic acids is 1. The van der Waals surface area contributed by atoms with Gasteiger partial charge < -0.3 is 10.1 Å². The van der Waals surface area contributed by atoms with Gasteiger partial charge in [-0.2, -0.15) is 5.26 Å². The van der Waals surface area contributed by atoms with Gasteiger partial charge in [0, 0.05) is 15.7 Å². The van der Waals surface area contributed by atoms with E-state index in [-0.39, 0.29) is 17.9 Å². The largest absolute Gasteiger partial charge is 0.483 e. The number of amides is 1. The molecule has 0 saturated carbocycles. The highest BCUT2D eigenvalue weighted by molar-refractivity contribution is 9.10. The van der Waals surface area contributed by atoms with E-state index in [0.29, 0.717) is 17.0 Å². The maximum atomic E-state index is 12.1. The predicted octanol–water partition coefficient (Wildman–Crippen LogP) is 4.64. The first-order valence-corrected chi connectivity index (χ1v) is 8.32. The van der Waals surface area contributed by atoms with Crippen LogP contribution in [0.1, 0.15) is 31.9 Å². The first kappa shape index (κ1) is 18.0. The van der Waals surface area contributed by atoms with Crippen LogP contribution in [0.15, 0.2) is 46.9 Å². The van der Waals surface area contributed by atoms with Crippen LogP contribution in [0.3, 0.4) is 0 Å². The maximum absolute atomic E-state index is 12.1. The van der Waals surface area contributed by atoms with Gasteiger partial charge in [-0.25, -0.2) is 0 Å². The van der Waals surface area contributed by atoms with Crippen molar-refractivity contribution in [2.75, 3.05) is 11.9 Å². The molecule has 0 saturated heterocycles. The molecular formula is C19H19BrN2O2. The third-order valence-electron chi connectivity index (χ3n) is 3.41. The highest BCUT2D eigenvalue weighted by Crippen LogP contribution is 2.33. The van der Waals surface area contributed by atoms with Gasteiger partial charge in [0.05, 0.1) is 11.6 Å². The van der Waals surface area contributed by atoms with Crippen molar-refractivity contribution < 1.29 is 9.53 Å². The normalized spacial score (nSPS) is 10.8. The third kappa shape index (κ3) is 4.84. The second-order valence-corrected chi connectivity index (χ2v) is 7.33. The summed E-state index contributed by atoms with van der Waals surface area (Å²) in [6.07, 6.45) is 0. The molecule has 0 heterocycles. The fraction of sp³-hybridized carbons (Fsp3) is 0.263. The molecule has 2 rings (SSSR count). The number of nitrogens with zero attached hydrogens (tertiary/aromatic N) is 1. The molecule has 1 N–H and O–H groups in total. The number of hydrogen-bond donors (Lipinski definition) is 1. The molecule has 0 bridgehead atoms. The summed E-state index contributed by atoms with van der Waals surface area (Å²) < 4.78 is 6.69. The van der Waals surface area contributed by atoms with Crippen LogP contribution in [-0.4, -0.2) is 12.5 Å². The van der Waals surface area contributed by atoms with Gasteiger partial charge in [-0.05, 0) is 47.9 Å². The molecule has 2 aromatic carbocycles. The molecular weight excluding hydrogens is 368 g/mol. The number of benzene rings is 2. The zero-order valence-electron chi connectivity index (χ0n) is 13.9. The Hall–Kier alpha value is -2.32. The monoisotopic (exact) mass is 386 g/mol. The summed E-state index contributed by atoms with van der Waals surface area (Å²) in [6.45, 7) is 6.21. The van der Waals surface area contributed by atoms with Crippen LogP contribution in [0, 0.1) is 11.3 Å². The Morgan fingerprint density at radius 1 is 1.21 bits per heavy atom. The van der Waals surface area contributed by atoms with E-state index in [1.807, 2.05) is 24.3 Å². The fourth-order valence-corrected chi connectivity index (χ4v) is 2.54. The van der Waals surface area contributed by atoms with Crippen molar-refractivity contribution in [2.24, 2.45) is 0 Å². The molecule has 0 aromatic heterocycles. The maximum Gasteiger partial charge on any atom is 0.262 e. The van der Waals surface area contributed by atoms with Gasteiger partial charge >= 0.3 is 0 Å². The van der Waals surface area contributed by atoms with Crippen molar-refractivity contribution >= 4 is 27.5 Å². The summed E-state index contributed by atoms with van der Waals surface area (Å²) in [5.74, 6) is 0.447. The molecule has 1 amide bonds. The van der Waals surface area contributed by atoms with E-state index in [9.17, 15) is 4.79 Å². The van der Waals surface area contributed by atoms with Gasteiger partial charge in [-0.15, -0.1) is 0 Å². The van der Waals surface area contributed by atoms with Crippen molar-refractivity contribution in [1.29, 1.82) is 5.26 Å². The van der Waals surface area contributed by atoms with Crippen molar-refractivity contribution in [3.63, 3.8) is 0 Å². The second-order valence-electron chi connectivity index (χ2n) is 6.42. The summed E-state index contributed by atoms with van der Waals surface area (Å²) in [4.78, 5) is 12.1. The highest BCUT2D eigenvalue weighted by atomic mass is 79.9. The Kier molecular flexibility index (Phi) is 5.63. The Morgan fingerprint density at radius 2 is 1.88 bits per heavy atom. The van der Waals surface area contributed by atoms with Gasteiger partial charge in [0.1, 0.15) is 5.75 Å². The number of ether oxygens (including phenoxy) is 1. The van der Waals surface area contributed by atoms with Crippen LogP contribution in [0.25, 0.3) is 0 Å². The average molecular weight is 387 g/mol. The van der Waals surface area contributed by atoms with Crippen molar-refractivity contribution in [3.05, 3.63) is 58.1 Å². The topological polar surface area (TPSA) is 62.1 Å². The number of nitriles is 1. The number of halogens is 1. The Balaban J connectivity index is 2.02. The van der Waals surface area contributed by atoms with E-state index in [0.717, 1.165) is 10.0 Å². The molecule has 2 aromatic rings. The standard InChI is InChI=1S/C19H19BrN2O2/c1-19(2,3)16-10-14(20)6-9-17(16)24-12-18(23)22-15-7-4-13(11-21)5-8-15/h4-10H,12H2,1-3H3,(H,22,23). The quantitative estimate of drug-likeness (QED) is 0.832. The molecule has 5 heteroatoms. The summed E-state index contributed by atoms with van der Waals surface area (Å²) in [5.41, 5.74) is 2.12. The molecule has 0 aliphatic heterocycles.